The molecule has 0 saturated heterocycles. The van der Waals surface area contributed by atoms with E-state index in [-0.39, 0.29) is 18.2 Å². The predicted molar refractivity (Wildman–Crippen MR) is 69.2 cm³/mol. The number of hydrogen-bond donors (Lipinski definition) is 1. The Bertz CT molecular complexity index is 575. The van der Waals surface area contributed by atoms with Gasteiger partial charge in [-0.25, -0.2) is 8.78 Å². The van der Waals surface area contributed by atoms with Crippen LogP contribution < -0.4 is 10.5 Å². The van der Waals surface area contributed by atoms with Gasteiger partial charge >= 0.3 is 0 Å². The van der Waals surface area contributed by atoms with Crippen molar-refractivity contribution in [3.63, 3.8) is 0 Å². The Hall–Kier alpha value is -1.62. The van der Waals surface area contributed by atoms with E-state index >= 15 is 0 Å². The first-order valence-corrected chi connectivity index (χ1v) is 5.97. The van der Waals surface area contributed by atoms with Gasteiger partial charge in [0.15, 0.2) is 0 Å². The van der Waals surface area contributed by atoms with E-state index in [2.05, 4.69) is 15.9 Å². The lowest BCUT2D eigenvalue weighted by Gasteiger charge is -2.09. The van der Waals surface area contributed by atoms with Crippen LogP contribution >= 0.6 is 15.9 Å². The highest BCUT2D eigenvalue weighted by molar-refractivity contribution is 9.10. The molecule has 0 aromatic heterocycles. The van der Waals surface area contributed by atoms with Crippen molar-refractivity contribution >= 4 is 21.6 Å². The number of nitrogens with two attached hydrogens (primary N) is 1. The third-order valence-electron chi connectivity index (χ3n) is 2.39. The number of hydrogen-bond acceptors (Lipinski definition) is 2. The van der Waals surface area contributed by atoms with Gasteiger partial charge in [0, 0.05) is 11.3 Å². The lowest BCUT2D eigenvalue weighted by atomic mass is 10.2. The summed E-state index contributed by atoms with van der Waals surface area (Å²) >= 11 is 3.07. The molecule has 0 amide bonds. The number of benzene rings is 2. The minimum absolute atomic E-state index is 0.199. The van der Waals surface area contributed by atoms with E-state index < -0.39 is 0 Å². The Labute approximate surface area is 112 Å². The first-order valence-electron chi connectivity index (χ1n) is 5.18. The van der Waals surface area contributed by atoms with Gasteiger partial charge in [-0.2, -0.15) is 0 Å². The Kier molecular flexibility index (Phi) is 3.81. The number of ether oxygens (including phenoxy) is 1. The molecule has 2 aromatic carbocycles. The fourth-order valence-corrected chi connectivity index (χ4v) is 1.78. The molecule has 2 N–H and O–H groups in total. The van der Waals surface area contributed by atoms with Crippen LogP contribution in [0.25, 0.3) is 0 Å². The van der Waals surface area contributed by atoms with Gasteiger partial charge in [-0.15, -0.1) is 0 Å². The smallest absolute Gasteiger partial charge is 0.137 e. The molecule has 0 aliphatic rings. The zero-order valence-corrected chi connectivity index (χ0v) is 10.9. The molecule has 0 unspecified atom stereocenters. The minimum atomic E-state index is -0.388. The molecule has 0 aliphatic heterocycles. The average molecular weight is 314 g/mol. The molecule has 0 fully saturated rings. The van der Waals surface area contributed by atoms with Gasteiger partial charge in [-0.1, -0.05) is 6.07 Å². The maximum atomic E-state index is 13.0. The minimum Gasteiger partial charge on any atom is -0.489 e. The zero-order valence-electron chi connectivity index (χ0n) is 9.29. The maximum absolute atomic E-state index is 13.0. The van der Waals surface area contributed by atoms with Gasteiger partial charge in [-0.3, -0.25) is 0 Å². The predicted octanol–water partition coefficient (Wildman–Crippen LogP) is 3.89. The summed E-state index contributed by atoms with van der Waals surface area (Å²) in [5.74, 6) is -0.239. The largest absolute Gasteiger partial charge is 0.489 e. The fraction of sp³-hybridized carbons (Fsp3) is 0.0769. The zero-order chi connectivity index (χ0) is 13.1. The van der Waals surface area contributed by atoms with Crippen LogP contribution in [-0.2, 0) is 6.61 Å². The van der Waals surface area contributed by atoms with Crippen LogP contribution in [0.4, 0.5) is 14.5 Å². The molecular formula is C13H10BrF2NO. The molecule has 0 heterocycles. The van der Waals surface area contributed by atoms with Crippen molar-refractivity contribution in [3.8, 4) is 5.75 Å². The average Bonchev–Trinajstić information content (AvgIpc) is 2.32. The van der Waals surface area contributed by atoms with Gasteiger partial charge in [0.2, 0.25) is 0 Å². The summed E-state index contributed by atoms with van der Waals surface area (Å²) in [6, 6.07) is 8.44. The summed E-state index contributed by atoms with van der Waals surface area (Å²) in [6.45, 7) is 0.199. The second-order valence-electron chi connectivity index (χ2n) is 3.71. The van der Waals surface area contributed by atoms with Crippen LogP contribution in [-0.4, -0.2) is 0 Å². The summed E-state index contributed by atoms with van der Waals surface area (Å²) in [6.07, 6.45) is 0. The first-order chi connectivity index (χ1) is 8.56. The highest BCUT2D eigenvalue weighted by Crippen LogP contribution is 2.23. The monoisotopic (exact) mass is 313 g/mol. The molecule has 5 heteroatoms. The normalized spacial score (nSPS) is 10.4. The number of anilines is 1. The number of rotatable bonds is 3. The van der Waals surface area contributed by atoms with Crippen LogP contribution in [0.3, 0.4) is 0 Å². The Balaban J connectivity index is 2.09. The topological polar surface area (TPSA) is 35.2 Å². The standard InChI is InChI=1S/C13H10BrF2NO/c14-11-6-10(3-4-12(11)16)18-7-8-1-2-9(15)5-13(8)17/h1-6H,7,17H2. The fourth-order valence-electron chi connectivity index (χ4n) is 1.42. The van der Waals surface area contributed by atoms with Crippen molar-refractivity contribution in [1.82, 2.24) is 0 Å². The van der Waals surface area contributed by atoms with E-state index in [9.17, 15) is 8.78 Å². The molecule has 2 nitrogen and oxygen atoms in total. The maximum Gasteiger partial charge on any atom is 0.137 e. The van der Waals surface area contributed by atoms with E-state index in [1.54, 1.807) is 6.07 Å². The molecule has 0 bridgehead atoms. The molecule has 0 radical (unpaired) electrons. The van der Waals surface area contributed by atoms with E-state index in [4.69, 9.17) is 10.5 Å². The summed E-state index contributed by atoms with van der Waals surface area (Å²) in [4.78, 5) is 0. The van der Waals surface area contributed by atoms with E-state index in [0.29, 0.717) is 21.5 Å². The molecule has 0 spiro atoms. The number of nitrogen functional groups attached to an aromatic ring is 1. The van der Waals surface area contributed by atoms with Crippen molar-refractivity contribution in [2.75, 3.05) is 5.73 Å². The summed E-state index contributed by atoms with van der Waals surface area (Å²) in [5, 5.41) is 0. The van der Waals surface area contributed by atoms with Crippen molar-refractivity contribution in [3.05, 3.63) is 58.1 Å². The molecule has 0 aliphatic carbocycles. The van der Waals surface area contributed by atoms with Crippen molar-refractivity contribution in [2.45, 2.75) is 6.61 Å². The third kappa shape index (κ3) is 2.98. The molecule has 0 atom stereocenters. The van der Waals surface area contributed by atoms with Crippen LogP contribution in [0, 0.1) is 11.6 Å². The van der Waals surface area contributed by atoms with Crippen LogP contribution in [0.1, 0.15) is 5.56 Å². The molecule has 2 rings (SSSR count). The quantitative estimate of drug-likeness (QED) is 0.873. The van der Waals surface area contributed by atoms with E-state index in [1.165, 1.54) is 30.3 Å². The Morgan fingerprint density at radius 1 is 1.11 bits per heavy atom. The van der Waals surface area contributed by atoms with Crippen LogP contribution in [0.15, 0.2) is 40.9 Å². The summed E-state index contributed by atoms with van der Waals surface area (Å²) < 4.78 is 31.6. The lowest BCUT2D eigenvalue weighted by Crippen LogP contribution is -2.00. The van der Waals surface area contributed by atoms with E-state index in [1.807, 2.05) is 0 Å². The van der Waals surface area contributed by atoms with Gasteiger partial charge in [0.25, 0.3) is 0 Å². The second kappa shape index (κ2) is 5.35. The van der Waals surface area contributed by atoms with Gasteiger partial charge in [-0.05, 0) is 46.3 Å². The Morgan fingerprint density at radius 3 is 2.56 bits per heavy atom. The van der Waals surface area contributed by atoms with Crippen LogP contribution in [0.5, 0.6) is 5.75 Å². The summed E-state index contributed by atoms with van der Waals surface area (Å²) in [7, 11) is 0. The number of halogens is 3. The SMILES string of the molecule is Nc1cc(F)ccc1COc1ccc(F)c(Br)c1. The third-order valence-corrected chi connectivity index (χ3v) is 3.00. The summed E-state index contributed by atoms with van der Waals surface area (Å²) in [5.41, 5.74) is 6.66. The first kappa shape index (κ1) is 12.8. The van der Waals surface area contributed by atoms with Crippen molar-refractivity contribution < 1.29 is 13.5 Å². The van der Waals surface area contributed by atoms with E-state index in [0.717, 1.165) is 0 Å². The van der Waals surface area contributed by atoms with Crippen molar-refractivity contribution in [2.24, 2.45) is 0 Å². The molecule has 94 valence electrons. The molecule has 0 saturated carbocycles. The highest BCUT2D eigenvalue weighted by atomic mass is 79.9. The molecule has 2 aromatic rings. The van der Waals surface area contributed by atoms with Gasteiger partial charge in [0.05, 0.1) is 4.47 Å². The molecule has 18 heavy (non-hydrogen) atoms. The highest BCUT2D eigenvalue weighted by Gasteiger charge is 2.04. The van der Waals surface area contributed by atoms with Gasteiger partial charge < -0.3 is 10.5 Å². The second-order valence-corrected chi connectivity index (χ2v) is 4.56. The van der Waals surface area contributed by atoms with Gasteiger partial charge in [0.1, 0.15) is 24.0 Å². The van der Waals surface area contributed by atoms with Crippen LogP contribution in [0.2, 0.25) is 0 Å². The Morgan fingerprint density at radius 2 is 1.89 bits per heavy atom. The molecular weight excluding hydrogens is 304 g/mol. The van der Waals surface area contributed by atoms with Crippen molar-refractivity contribution in [1.29, 1.82) is 0 Å². The lowest BCUT2D eigenvalue weighted by molar-refractivity contribution is 0.306.